The molecule has 2 amide bonds. The summed E-state index contributed by atoms with van der Waals surface area (Å²) >= 11 is 0. The van der Waals surface area contributed by atoms with Crippen LogP contribution in [0, 0.1) is 15.6 Å². The van der Waals surface area contributed by atoms with Crippen molar-refractivity contribution in [2.45, 2.75) is 0 Å². The van der Waals surface area contributed by atoms with E-state index in [1.165, 1.54) is 12.1 Å². The fourth-order valence-corrected chi connectivity index (χ4v) is 2.01. The number of halogens is 1. The number of carbonyl (C=O) groups excluding carboxylic acids is 2. The summed E-state index contributed by atoms with van der Waals surface area (Å²) in [5.74, 6) is -2.66. The van der Waals surface area contributed by atoms with E-state index in [0.717, 1.165) is 30.5 Å². The zero-order valence-electron chi connectivity index (χ0n) is 14.0. The molecule has 0 aliphatic carbocycles. The third kappa shape index (κ3) is 5.14. The third-order valence-corrected chi connectivity index (χ3v) is 3.31. The predicted molar refractivity (Wildman–Crippen MR) is 93.1 cm³/mol. The van der Waals surface area contributed by atoms with Crippen molar-refractivity contribution in [3.63, 3.8) is 0 Å². The van der Waals surface area contributed by atoms with Crippen molar-refractivity contribution in [1.82, 2.24) is 10.7 Å². The molecule has 144 valence electrons. The highest BCUT2D eigenvalue weighted by Gasteiger charge is 2.19. The summed E-state index contributed by atoms with van der Waals surface area (Å²) in [5, 5.41) is 26.9. The first-order valence-electron chi connectivity index (χ1n) is 7.54. The van der Waals surface area contributed by atoms with Crippen molar-refractivity contribution in [2.24, 2.45) is 10.3 Å². The summed E-state index contributed by atoms with van der Waals surface area (Å²) in [7, 11) is 0. The molecule has 0 aromatic heterocycles. The van der Waals surface area contributed by atoms with Crippen LogP contribution in [0.2, 0.25) is 0 Å². The van der Waals surface area contributed by atoms with E-state index >= 15 is 0 Å². The number of phenols is 1. The van der Waals surface area contributed by atoms with Gasteiger partial charge in [0.2, 0.25) is 0 Å². The Hall–Kier alpha value is -4.22. The van der Waals surface area contributed by atoms with Crippen LogP contribution in [0.4, 0.5) is 15.8 Å². The predicted octanol–water partition coefficient (Wildman–Crippen LogP) is 1.61. The average molecular weight is 390 g/mol. The van der Waals surface area contributed by atoms with E-state index in [2.05, 4.69) is 15.6 Å². The number of carbonyl (C=O) groups is 2. The van der Waals surface area contributed by atoms with Crippen LogP contribution >= 0.6 is 0 Å². The Balaban J connectivity index is 1.98. The number of amides is 2. The molecule has 0 spiro atoms. The van der Waals surface area contributed by atoms with E-state index in [1.54, 1.807) is 0 Å². The number of hydrogen-bond donors (Lipinski definition) is 4. The van der Waals surface area contributed by atoms with Gasteiger partial charge in [0, 0.05) is 17.2 Å². The molecule has 2 aromatic carbocycles. The Morgan fingerprint density at radius 3 is 2.64 bits per heavy atom. The Morgan fingerprint density at radius 2 is 2.00 bits per heavy atom. The van der Waals surface area contributed by atoms with Crippen molar-refractivity contribution >= 4 is 29.4 Å². The molecule has 0 fully saturated rings. The van der Waals surface area contributed by atoms with Gasteiger partial charge in [-0.1, -0.05) is 6.07 Å². The minimum absolute atomic E-state index is 0.0260. The molecule has 0 aliphatic rings. The lowest BCUT2D eigenvalue weighted by Gasteiger charge is -2.04. The summed E-state index contributed by atoms with van der Waals surface area (Å²) < 4.78 is 13.1. The first kappa shape index (κ1) is 20.1. The second-order valence-corrected chi connectivity index (χ2v) is 5.25. The van der Waals surface area contributed by atoms with Crippen LogP contribution in [-0.4, -0.2) is 39.8 Å². The highest BCUT2D eigenvalue weighted by molar-refractivity contribution is 5.96. The fourth-order valence-electron chi connectivity index (χ4n) is 2.01. The average Bonchev–Trinajstić information content (AvgIpc) is 2.67. The van der Waals surface area contributed by atoms with Crippen molar-refractivity contribution in [2.75, 3.05) is 6.54 Å². The molecule has 28 heavy (non-hydrogen) atoms. The smallest absolute Gasteiger partial charge is 0.319 e. The second kappa shape index (κ2) is 8.93. The summed E-state index contributed by atoms with van der Waals surface area (Å²) in [5.41, 5.74) is 0.942. The molecule has 0 atom stereocenters. The zero-order chi connectivity index (χ0) is 20.7. The lowest BCUT2D eigenvalue weighted by molar-refractivity contribution is -0.729. The van der Waals surface area contributed by atoms with Crippen molar-refractivity contribution < 1.29 is 29.2 Å². The molecule has 0 radical (unpaired) electrons. The van der Waals surface area contributed by atoms with Crippen LogP contribution in [0.25, 0.3) is 0 Å². The number of phenolic OH excluding ortho intramolecular Hbond substituents is 1. The quantitative estimate of drug-likeness (QED) is 0.319. The summed E-state index contributed by atoms with van der Waals surface area (Å²) in [4.78, 5) is 44.5. The van der Waals surface area contributed by atoms with Crippen LogP contribution in [0.5, 0.6) is 5.75 Å². The molecule has 0 saturated carbocycles. The van der Waals surface area contributed by atoms with Crippen molar-refractivity contribution in [1.29, 1.82) is 0 Å². The zero-order valence-corrected chi connectivity index (χ0v) is 14.0. The van der Waals surface area contributed by atoms with Crippen molar-refractivity contribution in [3.05, 3.63) is 63.2 Å². The van der Waals surface area contributed by atoms with Crippen molar-refractivity contribution in [3.8, 4) is 5.75 Å². The molecule has 11 nitrogen and oxygen atoms in total. The number of rotatable bonds is 7. The molecule has 2 rings (SSSR count). The monoisotopic (exact) mass is 390 g/mol. The van der Waals surface area contributed by atoms with Gasteiger partial charge in [-0.3, -0.25) is 9.59 Å². The van der Waals surface area contributed by atoms with E-state index < -0.39 is 46.2 Å². The SMILES string of the molecule is O=Nc1cc([N+](=O)O)cc(/C=N/NC(=O)CNC(=O)c2cccc(F)c2)c1O. The Morgan fingerprint density at radius 1 is 1.25 bits per heavy atom. The number of nitrogens with zero attached hydrogens (tertiary/aromatic N) is 3. The molecule has 0 bridgehead atoms. The molecular weight excluding hydrogens is 377 g/mol. The number of nitroso groups, excluding NO2 is 1. The summed E-state index contributed by atoms with van der Waals surface area (Å²) in [6.07, 6.45) is 0.892. The van der Waals surface area contributed by atoms with E-state index in [-0.39, 0.29) is 11.1 Å². The topological polar surface area (TPSA) is 161 Å². The number of nitrogens with one attached hydrogen (secondary N) is 2. The van der Waals surface area contributed by atoms with E-state index in [4.69, 9.17) is 5.21 Å². The minimum atomic E-state index is -0.752. The molecule has 12 heteroatoms. The molecule has 2 aromatic rings. The standard InChI is InChI=1S/C16H12FN5O6/c17-11-3-1-2-9(4-11)16(25)18-8-14(23)20-19-7-10-5-12(22(27)28)6-13(21-26)15(10)24/h1-7H,8H2,(H3-,18,19,20,21,23,24,25,26,27,28)/p+1. The maximum atomic E-state index is 13.1. The number of aromatic hydroxyl groups is 1. The lowest BCUT2D eigenvalue weighted by Crippen LogP contribution is -2.34. The Bertz CT molecular complexity index is 978. The Labute approximate surface area is 156 Å². The first-order valence-corrected chi connectivity index (χ1v) is 7.54. The number of hydrazone groups is 1. The molecule has 0 saturated heterocycles. The number of benzene rings is 2. The van der Waals surface area contributed by atoms with Gasteiger partial charge in [0.15, 0.2) is 11.4 Å². The highest BCUT2D eigenvalue weighted by atomic mass is 19.1. The third-order valence-electron chi connectivity index (χ3n) is 3.31. The molecule has 0 aliphatic heterocycles. The van der Waals surface area contributed by atoms with E-state index in [1.807, 2.05) is 5.43 Å². The fraction of sp³-hybridized carbons (Fsp3) is 0.0625. The second-order valence-electron chi connectivity index (χ2n) is 5.25. The largest absolute Gasteiger partial charge is 0.505 e. The molecular formula is C16H13FN5O6+. The van der Waals surface area contributed by atoms with Gasteiger partial charge in [0.1, 0.15) is 5.82 Å². The van der Waals surface area contributed by atoms with Gasteiger partial charge in [-0.25, -0.2) is 15.0 Å². The normalized spacial score (nSPS) is 10.5. The number of hydrogen-bond acceptors (Lipinski definition) is 7. The first-order chi connectivity index (χ1) is 13.3. The Kier molecular flexibility index (Phi) is 6.41. The molecule has 0 unspecified atom stereocenters. The van der Waals surface area contributed by atoms with Gasteiger partial charge < -0.3 is 10.4 Å². The highest BCUT2D eigenvalue weighted by Crippen LogP contribution is 2.33. The van der Waals surface area contributed by atoms with Crippen LogP contribution in [0.3, 0.4) is 0 Å². The van der Waals surface area contributed by atoms with Gasteiger partial charge in [0.05, 0.1) is 23.7 Å². The summed E-state index contributed by atoms with van der Waals surface area (Å²) in [6.45, 7) is -0.481. The van der Waals surface area contributed by atoms with Gasteiger partial charge >= 0.3 is 5.69 Å². The van der Waals surface area contributed by atoms with E-state index in [9.17, 15) is 28.9 Å². The maximum absolute atomic E-state index is 13.1. The minimum Gasteiger partial charge on any atom is -0.505 e. The van der Waals surface area contributed by atoms with Gasteiger partial charge in [-0.2, -0.15) is 5.10 Å². The lowest BCUT2D eigenvalue weighted by atomic mass is 10.1. The maximum Gasteiger partial charge on any atom is 0.319 e. The van der Waals surface area contributed by atoms with Crippen LogP contribution in [0.15, 0.2) is 46.7 Å². The van der Waals surface area contributed by atoms with Crippen LogP contribution in [-0.2, 0) is 4.79 Å². The summed E-state index contributed by atoms with van der Waals surface area (Å²) in [6, 6.07) is 6.69. The van der Waals surface area contributed by atoms with Gasteiger partial charge in [-0.15, -0.1) is 4.91 Å². The van der Waals surface area contributed by atoms with Crippen LogP contribution < -0.4 is 10.7 Å². The molecule has 4 N–H and O–H groups in total. The van der Waals surface area contributed by atoms with Gasteiger partial charge in [-0.05, 0) is 23.4 Å². The van der Waals surface area contributed by atoms with E-state index in [0.29, 0.717) is 0 Å². The van der Waals surface area contributed by atoms with Crippen LogP contribution in [0.1, 0.15) is 15.9 Å². The molecule has 0 heterocycles. The van der Waals surface area contributed by atoms with Gasteiger partial charge in [0.25, 0.3) is 16.7 Å².